The molecule has 0 spiro atoms. The first kappa shape index (κ1) is 19.8. The van der Waals surface area contributed by atoms with Crippen molar-refractivity contribution in [1.29, 1.82) is 0 Å². The number of hydrogen-bond donors (Lipinski definition) is 1. The third-order valence-corrected chi connectivity index (χ3v) is 5.52. The van der Waals surface area contributed by atoms with Gasteiger partial charge in [-0.15, -0.1) is 0 Å². The first-order valence-corrected chi connectivity index (χ1v) is 10.2. The van der Waals surface area contributed by atoms with E-state index in [1.54, 1.807) is 24.5 Å². The molecule has 0 saturated heterocycles. The highest BCUT2D eigenvalue weighted by atomic mass is 16.1. The summed E-state index contributed by atoms with van der Waals surface area (Å²) in [5.41, 5.74) is 7.68. The Kier molecular flexibility index (Phi) is 5.36. The lowest BCUT2D eigenvalue weighted by Crippen LogP contribution is -2.29. The van der Waals surface area contributed by atoms with Gasteiger partial charge in [0.25, 0.3) is 5.91 Å². The largest absolute Gasteiger partial charge is 0.342 e. The minimum atomic E-state index is -0.246. The first-order valence-electron chi connectivity index (χ1n) is 10.2. The summed E-state index contributed by atoms with van der Waals surface area (Å²) >= 11 is 0. The van der Waals surface area contributed by atoms with Crippen molar-refractivity contribution >= 4 is 16.9 Å². The highest BCUT2D eigenvalue weighted by Crippen LogP contribution is 2.25. The fourth-order valence-electron chi connectivity index (χ4n) is 4.06. The van der Waals surface area contributed by atoms with E-state index in [4.69, 9.17) is 4.98 Å². The van der Waals surface area contributed by atoms with Gasteiger partial charge in [0.1, 0.15) is 5.82 Å². The molecule has 1 amide bonds. The number of nitrogens with zero attached hydrogens (tertiary/aromatic N) is 3. The lowest BCUT2D eigenvalue weighted by atomic mass is 9.99. The Labute approximate surface area is 176 Å². The molecule has 2 aromatic carbocycles. The molecular formula is C25H26N4O. The zero-order valence-corrected chi connectivity index (χ0v) is 17.8. The summed E-state index contributed by atoms with van der Waals surface area (Å²) in [6.45, 7) is 9.12. The number of pyridine rings is 1. The van der Waals surface area contributed by atoms with Crippen LogP contribution in [0.5, 0.6) is 0 Å². The minimum Gasteiger partial charge on any atom is -0.342 e. The van der Waals surface area contributed by atoms with Crippen LogP contribution in [0, 0.1) is 20.8 Å². The summed E-state index contributed by atoms with van der Waals surface area (Å²) < 4.78 is 2.22. The van der Waals surface area contributed by atoms with E-state index in [1.807, 2.05) is 25.1 Å². The van der Waals surface area contributed by atoms with Crippen LogP contribution in [0.4, 0.5) is 0 Å². The second-order valence-corrected chi connectivity index (χ2v) is 7.85. The lowest BCUT2D eigenvalue weighted by Gasteiger charge is -2.19. The molecule has 0 fully saturated rings. The van der Waals surface area contributed by atoms with Crippen molar-refractivity contribution in [2.24, 2.45) is 0 Å². The van der Waals surface area contributed by atoms with E-state index in [-0.39, 0.29) is 11.9 Å². The Morgan fingerprint density at radius 3 is 2.40 bits per heavy atom. The molecule has 2 heterocycles. The Morgan fingerprint density at radius 1 is 1.03 bits per heavy atom. The number of para-hydroxylation sites is 2. The van der Waals surface area contributed by atoms with E-state index in [0.29, 0.717) is 12.1 Å². The van der Waals surface area contributed by atoms with Gasteiger partial charge in [0, 0.05) is 24.5 Å². The van der Waals surface area contributed by atoms with Gasteiger partial charge >= 0.3 is 0 Å². The minimum absolute atomic E-state index is 0.133. The van der Waals surface area contributed by atoms with Gasteiger partial charge in [-0.25, -0.2) is 4.98 Å². The Hall–Kier alpha value is -3.47. The number of aryl methyl sites for hydroxylation is 3. The molecule has 1 atom stereocenters. The number of carbonyl (C=O) groups is 1. The number of carbonyl (C=O) groups excluding carboxylic acids is 1. The molecule has 4 aromatic rings. The quantitative estimate of drug-likeness (QED) is 0.520. The molecule has 152 valence electrons. The standard InChI is InChI=1S/C25H26N4O/c1-16-13-17(2)21(18(3)14-16)15-29-23-8-6-5-7-22(23)28-24(29)19(4)27-25(30)20-9-11-26-12-10-20/h5-14,19H,15H2,1-4H3,(H,27,30). The summed E-state index contributed by atoms with van der Waals surface area (Å²) in [6, 6.07) is 15.7. The van der Waals surface area contributed by atoms with Crippen molar-refractivity contribution in [2.45, 2.75) is 40.3 Å². The van der Waals surface area contributed by atoms with Gasteiger partial charge in [-0.3, -0.25) is 9.78 Å². The lowest BCUT2D eigenvalue weighted by molar-refractivity contribution is 0.0937. The van der Waals surface area contributed by atoms with E-state index in [9.17, 15) is 4.79 Å². The number of hydrogen-bond acceptors (Lipinski definition) is 3. The van der Waals surface area contributed by atoms with Gasteiger partial charge in [-0.05, 0) is 68.7 Å². The van der Waals surface area contributed by atoms with E-state index < -0.39 is 0 Å². The van der Waals surface area contributed by atoms with E-state index in [0.717, 1.165) is 16.9 Å². The van der Waals surface area contributed by atoms with E-state index in [1.165, 1.54) is 22.3 Å². The van der Waals surface area contributed by atoms with E-state index >= 15 is 0 Å². The number of fused-ring (bicyclic) bond motifs is 1. The maximum absolute atomic E-state index is 12.7. The molecule has 0 saturated carbocycles. The molecule has 4 rings (SSSR count). The van der Waals surface area contributed by atoms with Gasteiger partial charge < -0.3 is 9.88 Å². The van der Waals surface area contributed by atoms with Crippen LogP contribution in [0.1, 0.15) is 51.4 Å². The normalized spacial score (nSPS) is 12.1. The monoisotopic (exact) mass is 398 g/mol. The fraction of sp³-hybridized carbons (Fsp3) is 0.240. The number of rotatable bonds is 5. The van der Waals surface area contributed by atoms with Crippen LogP contribution in [0.3, 0.4) is 0 Å². The SMILES string of the molecule is Cc1cc(C)c(Cn2c(C(C)NC(=O)c3ccncc3)nc3ccccc32)c(C)c1. The Morgan fingerprint density at radius 2 is 1.70 bits per heavy atom. The molecule has 1 unspecified atom stereocenters. The number of aromatic nitrogens is 3. The number of nitrogens with one attached hydrogen (secondary N) is 1. The molecule has 0 aliphatic rings. The highest BCUT2D eigenvalue weighted by Gasteiger charge is 2.20. The average Bonchev–Trinajstić information content (AvgIpc) is 3.10. The smallest absolute Gasteiger partial charge is 0.251 e. The second-order valence-electron chi connectivity index (χ2n) is 7.85. The second kappa shape index (κ2) is 8.11. The average molecular weight is 399 g/mol. The Balaban J connectivity index is 1.73. The molecular weight excluding hydrogens is 372 g/mol. The van der Waals surface area contributed by atoms with Crippen LogP contribution in [-0.2, 0) is 6.54 Å². The maximum atomic E-state index is 12.7. The van der Waals surface area contributed by atoms with Crippen molar-refractivity contribution in [3.05, 3.63) is 94.6 Å². The first-order chi connectivity index (χ1) is 14.4. The summed E-state index contributed by atoms with van der Waals surface area (Å²) in [6.07, 6.45) is 3.25. The number of imidazole rings is 1. The third-order valence-electron chi connectivity index (χ3n) is 5.52. The van der Waals surface area contributed by atoms with Crippen molar-refractivity contribution in [3.63, 3.8) is 0 Å². The molecule has 1 N–H and O–H groups in total. The zero-order valence-electron chi connectivity index (χ0n) is 17.8. The maximum Gasteiger partial charge on any atom is 0.251 e. The topological polar surface area (TPSA) is 59.8 Å². The summed E-state index contributed by atoms with van der Waals surface area (Å²) in [5.74, 6) is 0.712. The van der Waals surface area contributed by atoms with Gasteiger partial charge in [0.15, 0.2) is 0 Å². The van der Waals surface area contributed by atoms with Gasteiger partial charge in [-0.2, -0.15) is 0 Å². The highest BCUT2D eigenvalue weighted by molar-refractivity contribution is 5.94. The van der Waals surface area contributed by atoms with Crippen molar-refractivity contribution < 1.29 is 4.79 Å². The van der Waals surface area contributed by atoms with Crippen LogP contribution in [0.25, 0.3) is 11.0 Å². The van der Waals surface area contributed by atoms with Crippen LogP contribution in [-0.4, -0.2) is 20.4 Å². The zero-order chi connectivity index (χ0) is 21.3. The molecule has 30 heavy (non-hydrogen) atoms. The van der Waals surface area contributed by atoms with Crippen molar-refractivity contribution in [1.82, 2.24) is 19.9 Å². The van der Waals surface area contributed by atoms with Crippen molar-refractivity contribution in [2.75, 3.05) is 0 Å². The predicted molar refractivity (Wildman–Crippen MR) is 120 cm³/mol. The molecule has 2 aromatic heterocycles. The molecule has 0 aliphatic heterocycles. The van der Waals surface area contributed by atoms with Gasteiger partial charge in [0.2, 0.25) is 0 Å². The molecule has 5 heteroatoms. The third kappa shape index (κ3) is 3.83. The summed E-state index contributed by atoms with van der Waals surface area (Å²) in [7, 11) is 0. The Bertz CT molecular complexity index is 1190. The fourth-order valence-corrected chi connectivity index (χ4v) is 4.06. The van der Waals surface area contributed by atoms with Gasteiger partial charge in [0.05, 0.1) is 17.1 Å². The molecule has 5 nitrogen and oxygen atoms in total. The van der Waals surface area contributed by atoms with Crippen LogP contribution < -0.4 is 5.32 Å². The van der Waals surface area contributed by atoms with Gasteiger partial charge in [-0.1, -0.05) is 29.8 Å². The van der Waals surface area contributed by atoms with Crippen molar-refractivity contribution in [3.8, 4) is 0 Å². The van der Waals surface area contributed by atoms with Crippen LogP contribution in [0.15, 0.2) is 60.9 Å². The van der Waals surface area contributed by atoms with E-state index in [2.05, 4.69) is 53.8 Å². The summed E-state index contributed by atoms with van der Waals surface area (Å²) in [4.78, 5) is 21.5. The predicted octanol–water partition coefficient (Wildman–Crippen LogP) is 4.90. The van der Waals surface area contributed by atoms with Crippen LogP contribution >= 0.6 is 0 Å². The molecule has 0 bridgehead atoms. The number of amides is 1. The van der Waals surface area contributed by atoms with Crippen LogP contribution in [0.2, 0.25) is 0 Å². The summed E-state index contributed by atoms with van der Waals surface area (Å²) in [5, 5.41) is 3.09. The number of benzene rings is 2. The molecule has 0 radical (unpaired) electrons. The molecule has 0 aliphatic carbocycles.